The van der Waals surface area contributed by atoms with Gasteiger partial charge in [0.1, 0.15) is 22.2 Å². The smallest absolute Gasteiger partial charge is 0.242 e. The molecule has 0 saturated carbocycles. The molecule has 1 aromatic heterocycles. The van der Waals surface area contributed by atoms with Crippen LogP contribution in [0.3, 0.4) is 0 Å². The molecule has 0 aliphatic carbocycles. The highest BCUT2D eigenvalue weighted by Gasteiger charge is 2.52. The summed E-state index contributed by atoms with van der Waals surface area (Å²) >= 11 is 5.83. The van der Waals surface area contributed by atoms with Crippen molar-refractivity contribution in [3.63, 3.8) is 0 Å². The Bertz CT molecular complexity index is 1150. The predicted molar refractivity (Wildman–Crippen MR) is 113 cm³/mol. The molecule has 0 unspecified atom stereocenters. The summed E-state index contributed by atoms with van der Waals surface area (Å²) in [5.41, 5.74) is 6.42. The first-order valence-corrected chi connectivity index (χ1v) is 11.2. The average molecular weight is 449 g/mol. The summed E-state index contributed by atoms with van der Waals surface area (Å²) in [6.07, 6.45) is 1.79. The standard InChI is InChI=1S/C20H21ClN4O4S/c1-20-14-9-12(10-16(26)15-5-4-13(21)11-23-15)3-6-17(14)29-8-7-18(20)30(27,28)25(2)19(22)24-20/h3-6,9,11,18H,7-8,10H2,1-2H3,(H2,22,24)/t18-,20-/m1/s1. The van der Waals surface area contributed by atoms with Gasteiger partial charge in [0.25, 0.3) is 0 Å². The van der Waals surface area contributed by atoms with E-state index in [1.165, 1.54) is 13.2 Å². The molecule has 0 fully saturated rings. The van der Waals surface area contributed by atoms with E-state index in [4.69, 9.17) is 22.1 Å². The predicted octanol–water partition coefficient (Wildman–Crippen LogP) is 2.12. The zero-order valence-corrected chi connectivity index (χ0v) is 18.1. The van der Waals surface area contributed by atoms with Gasteiger partial charge in [-0.2, -0.15) is 0 Å². The number of hydrogen-bond donors (Lipinski definition) is 1. The van der Waals surface area contributed by atoms with Gasteiger partial charge in [-0.1, -0.05) is 17.7 Å². The van der Waals surface area contributed by atoms with Gasteiger partial charge in [0.15, 0.2) is 5.78 Å². The number of hydrogen-bond acceptors (Lipinski definition) is 7. The number of ketones is 1. The van der Waals surface area contributed by atoms with Gasteiger partial charge in [0.2, 0.25) is 16.0 Å². The quantitative estimate of drug-likeness (QED) is 0.719. The Morgan fingerprint density at radius 3 is 2.83 bits per heavy atom. The number of nitrogens with zero attached hydrogens (tertiary/aromatic N) is 3. The van der Waals surface area contributed by atoms with Crippen LogP contribution in [0.1, 0.15) is 35.0 Å². The first-order valence-electron chi connectivity index (χ1n) is 9.37. The first-order chi connectivity index (χ1) is 14.1. The molecule has 0 bridgehead atoms. The monoisotopic (exact) mass is 448 g/mol. The zero-order valence-electron chi connectivity index (χ0n) is 16.5. The number of guanidine groups is 1. The number of ether oxygens (including phenoxy) is 1. The topological polar surface area (TPSA) is 115 Å². The molecule has 8 nitrogen and oxygen atoms in total. The van der Waals surface area contributed by atoms with Crippen LogP contribution in [0.15, 0.2) is 41.5 Å². The molecule has 158 valence electrons. The van der Waals surface area contributed by atoms with Gasteiger partial charge in [-0.3, -0.25) is 9.78 Å². The number of rotatable bonds is 3. The van der Waals surface area contributed by atoms with Crippen LogP contribution in [0.5, 0.6) is 5.75 Å². The van der Waals surface area contributed by atoms with E-state index in [0.717, 1.165) is 4.31 Å². The van der Waals surface area contributed by atoms with Crippen LogP contribution in [0.4, 0.5) is 0 Å². The molecule has 2 N–H and O–H groups in total. The van der Waals surface area contributed by atoms with Gasteiger partial charge in [-0.25, -0.2) is 17.7 Å². The average Bonchev–Trinajstić information content (AvgIpc) is 2.84. The van der Waals surface area contributed by atoms with Gasteiger partial charge in [0, 0.05) is 31.6 Å². The Kier molecular flexibility index (Phi) is 4.98. The molecule has 2 aliphatic heterocycles. The van der Waals surface area contributed by atoms with E-state index < -0.39 is 20.8 Å². The van der Waals surface area contributed by atoms with Crippen LogP contribution in [0.25, 0.3) is 0 Å². The number of aliphatic imine (C=N–C) groups is 1. The first kappa shape index (κ1) is 20.6. The normalized spacial score (nSPS) is 24.7. The van der Waals surface area contributed by atoms with E-state index >= 15 is 0 Å². The number of carbonyl (C=O) groups is 1. The van der Waals surface area contributed by atoms with Crippen LogP contribution in [-0.2, 0) is 22.0 Å². The Morgan fingerprint density at radius 1 is 1.37 bits per heavy atom. The highest BCUT2D eigenvalue weighted by Crippen LogP contribution is 2.45. The second-order valence-electron chi connectivity index (χ2n) is 7.55. The Balaban J connectivity index is 1.76. The number of nitrogens with two attached hydrogens (primary N) is 1. The summed E-state index contributed by atoms with van der Waals surface area (Å²) in [7, 11) is -2.31. The maximum Gasteiger partial charge on any atom is 0.242 e. The van der Waals surface area contributed by atoms with E-state index in [0.29, 0.717) is 27.6 Å². The minimum Gasteiger partial charge on any atom is -0.493 e. The number of benzene rings is 1. The third kappa shape index (κ3) is 3.31. The molecule has 0 radical (unpaired) electrons. The molecule has 1 aromatic carbocycles. The fourth-order valence-electron chi connectivity index (χ4n) is 3.96. The number of fused-ring (bicyclic) bond motifs is 3. The second kappa shape index (κ2) is 7.24. The maximum absolute atomic E-state index is 13.0. The van der Waals surface area contributed by atoms with Crippen molar-refractivity contribution >= 4 is 33.4 Å². The van der Waals surface area contributed by atoms with Gasteiger partial charge in [0.05, 0.1) is 11.6 Å². The van der Waals surface area contributed by atoms with Crippen molar-refractivity contribution in [2.24, 2.45) is 10.7 Å². The largest absolute Gasteiger partial charge is 0.493 e. The van der Waals surface area contributed by atoms with Crippen molar-refractivity contribution in [3.05, 3.63) is 58.4 Å². The van der Waals surface area contributed by atoms with E-state index in [1.54, 1.807) is 37.3 Å². The van der Waals surface area contributed by atoms with Gasteiger partial charge < -0.3 is 10.5 Å². The number of aromatic nitrogens is 1. The number of carbonyl (C=O) groups excluding carboxylic acids is 1. The summed E-state index contributed by atoms with van der Waals surface area (Å²) in [5.74, 6) is 0.285. The van der Waals surface area contributed by atoms with Crippen molar-refractivity contribution in [3.8, 4) is 5.75 Å². The lowest BCUT2D eigenvalue weighted by atomic mass is 9.85. The van der Waals surface area contributed by atoms with Gasteiger partial charge >= 0.3 is 0 Å². The number of halogens is 1. The fraction of sp³-hybridized carbons (Fsp3) is 0.350. The van der Waals surface area contributed by atoms with Crippen molar-refractivity contribution < 1.29 is 17.9 Å². The highest BCUT2D eigenvalue weighted by atomic mass is 35.5. The number of pyridine rings is 1. The Hall–Kier alpha value is -2.65. The summed E-state index contributed by atoms with van der Waals surface area (Å²) in [6, 6.07) is 8.49. The Labute approximate surface area is 179 Å². The van der Waals surface area contributed by atoms with Crippen molar-refractivity contribution in [1.29, 1.82) is 0 Å². The summed E-state index contributed by atoms with van der Waals surface area (Å²) in [5, 5.41) is -0.376. The molecule has 2 aliphatic rings. The molecule has 0 spiro atoms. The SMILES string of the molecule is CN1C(N)=N[C@]2(C)c3cc(CC(=O)c4ccc(Cl)cn4)ccc3OCC[C@H]2S1(=O)=O. The van der Waals surface area contributed by atoms with E-state index in [2.05, 4.69) is 9.98 Å². The molecule has 0 saturated heterocycles. The van der Waals surface area contributed by atoms with Crippen LogP contribution in [-0.4, -0.2) is 48.4 Å². The third-order valence-corrected chi connectivity index (χ3v) is 8.23. The molecule has 3 heterocycles. The van der Waals surface area contributed by atoms with E-state index in [-0.39, 0.29) is 31.2 Å². The zero-order chi connectivity index (χ0) is 21.7. The molecular formula is C20H21ClN4O4S. The van der Waals surface area contributed by atoms with Crippen molar-refractivity contribution in [1.82, 2.24) is 9.29 Å². The van der Waals surface area contributed by atoms with E-state index in [1.807, 2.05) is 0 Å². The lowest BCUT2D eigenvalue weighted by Gasteiger charge is -2.40. The highest BCUT2D eigenvalue weighted by molar-refractivity contribution is 7.90. The van der Waals surface area contributed by atoms with E-state index in [9.17, 15) is 13.2 Å². The maximum atomic E-state index is 13.0. The summed E-state index contributed by atoms with van der Waals surface area (Å²) in [6.45, 7) is 1.98. The van der Waals surface area contributed by atoms with Crippen LogP contribution in [0.2, 0.25) is 5.02 Å². The molecular weight excluding hydrogens is 428 g/mol. The minimum absolute atomic E-state index is 0.0755. The molecule has 0 amide bonds. The molecule has 30 heavy (non-hydrogen) atoms. The molecule has 2 atom stereocenters. The second-order valence-corrected chi connectivity index (χ2v) is 10.1. The lowest BCUT2D eigenvalue weighted by molar-refractivity contribution is 0.0988. The number of sulfonamides is 1. The van der Waals surface area contributed by atoms with Crippen molar-refractivity contribution in [2.75, 3.05) is 13.7 Å². The van der Waals surface area contributed by atoms with Crippen LogP contribution < -0.4 is 10.5 Å². The minimum atomic E-state index is -3.71. The molecule has 2 aromatic rings. The van der Waals surface area contributed by atoms with Gasteiger partial charge in [-0.15, -0.1) is 0 Å². The Morgan fingerprint density at radius 2 is 2.13 bits per heavy atom. The summed E-state index contributed by atoms with van der Waals surface area (Å²) < 4.78 is 32.9. The van der Waals surface area contributed by atoms with Gasteiger partial charge in [-0.05, 0) is 36.8 Å². The lowest BCUT2D eigenvalue weighted by Crippen LogP contribution is -2.56. The third-order valence-electron chi connectivity index (χ3n) is 5.64. The molecule has 4 rings (SSSR count). The van der Waals surface area contributed by atoms with Crippen molar-refractivity contribution in [2.45, 2.75) is 30.6 Å². The summed E-state index contributed by atoms with van der Waals surface area (Å²) in [4.78, 5) is 21.3. The number of Topliss-reactive ketones (excluding diaryl/α,β-unsaturated/α-hetero) is 1. The van der Waals surface area contributed by atoms with Crippen LogP contribution in [0, 0.1) is 0 Å². The van der Waals surface area contributed by atoms with Crippen LogP contribution >= 0.6 is 11.6 Å². The fourth-order valence-corrected chi connectivity index (χ4v) is 5.91. The molecule has 10 heteroatoms.